The van der Waals surface area contributed by atoms with Gasteiger partial charge in [0.05, 0.1) is 7.11 Å². The Morgan fingerprint density at radius 3 is 2.35 bits per heavy atom. The van der Waals surface area contributed by atoms with Crippen molar-refractivity contribution in [3.8, 4) is 5.75 Å². The van der Waals surface area contributed by atoms with E-state index < -0.39 is 10.0 Å². The van der Waals surface area contributed by atoms with Gasteiger partial charge < -0.3 is 15.4 Å². The highest BCUT2D eigenvalue weighted by atomic mass is 32.2. The van der Waals surface area contributed by atoms with Crippen LogP contribution in [0.2, 0.25) is 0 Å². The number of likely N-dealkylation sites (N-methyl/N-ethyl adjacent to an activating group) is 1. The highest BCUT2D eigenvalue weighted by Gasteiger charge is 2.30. The highest BCUT2D eigenvalue weighted by Crippen LogP contribution is 2.31. The van der Waals surface area contributed by atoms with Crippen molar-refractivity contribution >= 4 is 15.7 Å². The Balaban J connectivity index is 2.41. The van der Waals surface area contributed by atoms with Crippen molar-refractivity contribution in [1.29, 1.82) is 0 Å². The average Bonchev–Trinajstić information content (AvgIpc) is 2.41. The number of piperazine rings is 1. The minimum atomic E-state index is -3.57. The lowest BCUT2D eigenvalue weighted by molar-refractivity contribution is 0.222. The molecule has 2 rings (SSSR count). The number of anilines is 1. The molecular formula is C13H21N3O3S. The maximum Gasteiger partial charge on any atom is 0.246 e. The van der Waals surface area contributed by atoms with E-state index >= 15 is 0 Å². The lowest BCUT2D eigenvalue weighted by atomic mass is 10.2. The Kier molecular flexibility index (Phi) is 4.22. The van der Waals surface area contributed by atoms with Gasteiger partial charge in [-0.1, -0.05) is 0 Å². The highest BCUT2D eigenvalue weighted by molar-refractivity contribution is 7.89. The summed E-state index contributed by atoms with van der Waals surface area (Å²) in [5.74, 6) is 0.343. The maximum absolute atomic E-state index is 12.7. The van der Waals surface area contributed by atoms with E-state index in [-0.39, 0.29) is 4.90 Å². The number of sulfonamides is 1. The summed E-state index contributed by atoms with van der Waals surface area (Å²) in [6, 6.07) is 3.15. The SMILES string of the molecule is COc1cc(C)c(N)cc1S(=O)(=O)N1CCN(C)CC1. The van der Waals surface area contributed by atoms with Crippen LogP contribution in [0, 0.1) is 6.92 Å². The number of hydrogen-bond donors (Lipinski definition) is 1. The van der Waals surface area contributed by atoms with E-state index in [9.17, 15) is 8.42 Å². The fraction of sp³-hybridized carbons (Fsp3) is 0.538. The third-order valence-corrected chi connectivity index (χ3v) is 5.55. The van der Waals surface area contributed by atoms with Gasteiger partial charge >= 0.3 is 0 Å². The third-order valence-electron chi connectivity index (χ3n) is 3.63. The number of benzene rings is 1. The van der Waals surface area contributed by atoms with Gasteiger partial charge in [0.25, 0.3) is 0 Å². The van der Waals surface area contributed by atoms with E-state index in [0.29, 0.717) is 24.5 Å². The van der Waals surface area contributed by atoms with E-state index in [4.69, 9.17) is 10.5 Å². The van der Waals surface area contributed by atoms with Gasteiger partial charge in [-0.05, 0) is 31.7 Å². The lowest BCUT2D eigenvalue weighted by Crippen LogP contribution is -2.47. The van der Waals surface area contributed by atoms with Crippen molar-refractivity contribution in [2.24, 2.45) is 0 Å². The number of aryl methyl sites for hydroxylation is 1. The van der Waals surface area contributed by atoms with Gasteiger partial charge in [0, 0.05) is 31.9 Å². The molecular weight excluding hydrogens is 278 g/mol. The van der Waals surface area contributed by atoms with Crippen molar-refractivity contribution in [3.05, 3.63) is 17.7 Å². The van der Waals surface area contributed by atoms with Gasteiger partial charge in [-0.15, -0.1) is 0 Å². The lowest BCUT2D eigenvalue weighted by Gasteiger charge is -2.32. The van der Waals surface area contributed by atoms with Gasteiger partial charge in [0.15, 0.2) is 0 Å². The van der Waals surface area contributed by atoms with Crippen LogP contribution < -0.4 is 10.5 Å². The molecule has 1 saturated heterocycles. The first-order chi connectivity index (χ1) is 9.36. The first-order valence-electron chi connectivity index (χ1n) is 6.49. The number of rotatable bonds is 3. The zero-order valence-corrected chi connectivity index (χ0v) is 12.9. The number of nitrogen functional groups attached to an aromatic ring is 1. The summed E-state index contributed by atoms with van der Waals surface area (Å²) in [4.78, 5) is 2.25. The molecule has 0 radical (unpaired) electrons. The largest absolute Gasteiger partial charge is 0.495 e. The molecule has 0 aliphatic carbocycles. The first kappa shape index (κ1) is 15.1. The standard InChI is InChI=1S/C13H21N3O3S/c1-10-8-12(19-3)13(9-11(10)14)20(17,18)16-6-4-15(2)5-7-16/h8-9H,4-7,14H2,1-3H3. The summed E-state index contributed by atoms with van der Waals surface area (Å²) in [6.07, 6.45) is 0. The van der Waals surface area contributed by atoms with Gasteiger partial charge in [0.1, 0.15) is 10.6 Å². The number of nitrogens with zero attached hydrogens (tertiary/aromatic N) is 2. The van der Waals surface area contributed by atoms with Crippen LogP contribution in [0.4, 0.5) is 5.69 Å². The second kappa shape index (κ2) is 5.59. The fourth-order valence-electron chi connectivity index (χ4n) is 2.21. The van der Waals surface area contributed by atoms with Gasteiger partial charge in [-0.2, -0.15) is 4.31 Å². The normalized spacial score (nSPS) is 18.1. The molecule has 1 fully saturated rings. The minimum Gasteiger partial charge on any atom is -0.495 e. The molecule has 1 aliphatic heterocycles. The van der Waals surface area contributed by atoms with Crippen molar-refractivity contribution in [1.82, 2.24) is 9.21 Å². The summed E-state index contributed by atoms with van der Waals surface area (Å²) in [5, 5.41) is 0. The van der Waals surface area contributed by atoms with Crippen LogP contribution in [0.5, 0.6) is 5.75 Å². The van der Waals surface area contributed by atoms with Crippen LogP contribution in [-0.4, -0.2) is 58.0 Å². The van der Waals surface area contributed by atoms with Crippen LogP contribution in [0.3, 0.4) is 0 Å². The van der Waals surface area contributed by atoms with Crippen LogP contribution in [0.25, 0.3) is 0 Å². The molecule has 0 aromatic heterocycles. The van der Waals surface area contributed by atoms with Crippen molar-refractivity contribution in [2.75, 3.05) is 46.1 Å². The Hall–Kier alpha value is -1.31. The van der Waals surface area contributed by atoms with E-state index in [1.54, 1.807) is 6.07 Å². The second-order valence-electron chi connectivity index (χ2n) is 5.07. The molecule has 1 heterocycles. The average molecular weight is 299 g/mol. The molecule has 0 spiro atoms. The predicted molar refractivity (Wildman–Crippen MR) is 78.4 cm³/mol. The van der Waals surface area contributed by atoms with E-state index in [1.807, 2.05) is 14.0 Å². The van der Waals surface area contributed by atoms with Crippen molar-refractivity contribution in [2.45, 2.75) is 11.8 Å². The number of nitrogens with two attached hydrogens (primary N) is 1. The minimum absolute atomic E-state index is 0.146. The molecule has 0 atom stereocenters. The molecule has 20 heavy (non-hydrogen) atoms. The zero-order valence-electron chi connectivity index (χ0n) is 12.1. The summed E-state index contributed by atoms with van der Waals surface area (Å²) < 4.78 is 32.1. The van der Waals surface area contributed by atoms with E-state index in [1.165, 1.54) is 17.5 Å². The maximum atomic E-state index is 12.7. The van der Waals surface area contributed by atoms with Crippen LogP contribution in [0.15, 0.2) is 17.0 Å². The molecule has 0 bridgehead atoms. The van der Waals surface area contributed by atoms with Gasteiger partial charge in [-0.25, -0.2) is 8.42 Å². The Morgan fingerprint density at radius 1 is 1.20 bits per heavy atom. The molecule has 7 heteroatoms. The quantitative estimate of drug-likeness (QED) is 0.824. The summed E-state index contributed by atoms with van der Waals surface area (Å²) in [6.45, 7) is 4.24. The second-order valence-corrected chi connectivity index (χ2v) is 6.97. The van der Waals surface area contributed by atoms with E-state index in [0.717, 1.165) is 18.7 Å². The molecule has 2 N–H and O–H groups in total. The molecule has 112 valence electrons. The molecule has 0 unspecified atom stereocenters. The summed E-state index contributed by atoms with van der Waals surface area (Å²) >= 11 is 0. The number of hydrogen-bond acceptors (Lipinski definition) is 5. The topological polar surface area (TPSA) is 75.9 Å². The third kappa shape index (κ3) is 2.74. The van der Waals surface area contributed by atoms with Crippen molar-refractivity contribution in [3.63, 3.8) is 0 Å². The van der Waals surface area contributed by atoms with Gasteiger partial charge in [-0.3, -0.25) is 0 Å². The Morgan fingerprint density at radius 2 is 1.80 bits per heavy atom. The summed E-state index contributed by atoms with van der Waals surface area (Å²) in [7, 11) is -0.119. The molecule has 1 aromatic rings. The van der Waals surface area contributed by atoms with Crippen LogP contribution >= 0.6 is 0 Å². The molecule has 6 nitrogen and oxygen atoms in total. The Labute approximate surface area is 120 Å². The molecule has 1 aliphatic rings. The number of methoxy groups -OCH3 is 1. The molecule has 1 aromatic carbocycles. The van der Waals surface area contributed by atoms with Crippen molar-refractivity contribution < 1.29 is 13.2 Å². The Bertz CT molecular complexity index is 593. The molecule has 0 amide bonds. The van der Waals surface area contributed by atoms with Gasteiger partial charge in [0.2, 0.25) is 10.0 Å². The zero-order chi connectivity index (χ0) is 14.9. The van der Waals surface area contributed by atoms with Crippen LogP contribution in [0.1, 0.15) is 5.56 Å². The monoisotopic (exact) mass is 299 g/mol. The smallest absolute Gasteiger partial charge is 0.246 e. The van der Waals surface area contributed by atoms with Crippen LogP contribution in [-0.2, 0) is 10.0 Å². The molecule has 0 saturated carbocycles. The number of ether oxygens (including phenoxy) is 1. The fourth-order valence-corrected chi connectivity index (χ4v) is 3.80. The van der Waals surface area contributed by atoms with E-state index in [2.05, 4.69) is 4.90 Å². The predicted octanol–water partition coefficient (Wildman–Crippen LogP) is 0.522. The summed E-state index contributed by atoms with van der Waals surface area (Å²) in [5.41, 5.74) is 7.11. The first-order valence-corrected chi connectivity index (χ1v) is 7.93.